The Labute approximate surface area is 217 Å². The van der Waals surface area contributed by atoms with Gasteiger partial charge in [-0.1, -0.05) is 23.7 Å². The minimum Gasteiger partial charge on any atom is -0.476 e. The van der Waals surface area contributed by atoms with Crippen LogP contribution in [0, 0.1) is 0 Å². The zero-order chi connectivity index (χ0) is 26.7. The van der Waals surface area contributed by atoms with E-state index in [2.05, 4.69) is 5.32 Å². The smallest absolute Gasteiger partial charge is 0.337 e. The number of sulfonamides is 1. The van der Waals surface area contributed by atoms with Crippen LogP contribution in [0.4, 0.5) is 11.4 Å². The summed E-state index contributed by atoms with van der Waals surface area (Å²) in [7, 11) is -1.73. The Morgan fingerprint density at radius 2 is 1.54 bits per heavy atom. The summed E-state index contributed by atoms with van der Waals surface area (Å²) >= 11 is 5.91. The molecule has 37 heavy (non-hydrogen) atoms. The van der Waals surface area contributed by atoms with E-state index in [1.807, 2.05) is 0 Å². The first-order chi connectivity index (χ1) is 17.6. The number of rotatable bonds is 6. The normalized spacial score (nSPS) is 14.7. The van der Waals surface area contributed by atoms with E-state index in [1.54, 1.807) is 24.3 Å². The van der Waals surface area contributed by atoms with E-state index in [4.69, 9.17) is 25.8 Å². The van der Waals surface area contributed by atoms with Gasteiger partial charge in [-0.05, 0) is 54.6 Å². The van der Waals surface area contributed by atoms with Gasteiger partial charge in [-0.2, -0.15) is 0 Å². The number of hydrogen-bond donors (Lipinski definition) is 1. The van der Waals surface area contributed by atoms with E-state index in [0.29, 0.717) is 5.02 Å². The second-order valence-corrected chi connectivity index (χ2v) is 10.1. The molecular formula is C25H21ClN2O8S. The topological polar surface area (TPSA) is 128 Å². The van der Waals surface area contributed by atoms with Gasteiger partial charge in [0.1, 0.15) is 5.75 Å². The van der Waals surface area contributed by atoms with Crippen molar-refractivity contribution in [2.24, 2.45) is 0 Å². The Hall–Kier alpha value is -4.09. The first-order valence-electron chi connectivity index (χ1n) is 10.8. The van der Waals surface area contributed by atoms with Crippen LogP contribution in [0.25, 0.3) is 0 Å². The van der Waals surface area contributed by atoms with E-state index < -0.39 is 34.0 Å². The minimum atomic E-state index is -4.08. The molecule has 1 amide bonds. The lowest BCUT2D eigenvalue weighted by Gasteiger charge is -2.34. The molecule has 0 saturated carbocycles. The highest BCUT2D eigenvalue weighted by molar-refractivity contribution is 7.92. The highest BCUT2D eigenvalue weighted by Gasteiger charge is 2.37. The Morgan fingerprint density at radius 3 is 2.14 bits per heavy atom. The fraction of sp³-hybridized carbons (Fsp3) is 0.160. The molecule has 192 valence electrons. The molecule has 1 heterocycles. The number of amides is 1. The molecule has 1 atom stereocenters. The van der Waals surface area contributed by atoms with Gasteiger partial charge in [0.05, 0.1) is 42.5 Å². The lowest BCUT2D eigenvalue weighted by Crippen LogP contribution is -2.48. The predicted molar refractivity (Wildman–Crippen MR) is 135 cm³/mol. The molecule has 3 aromatic rings. The first-order valence-corrected chi connectivity index (χ1v) is 12.6. The highest BCUT2D eigenvalue weighted by Crippen LogP contribution is 2.37. The van der Waals surface area contributed by atoms with Crippen LogP contribution in [0.5, 0.6) is 5.75 Å². The van der Waals surface area contributed by atoms with Gasteiger partial charge in [0.15, 0.2) is 6.10 Å². The van der Waals surface area contributed by atoms with Crippen LogP contribution in [0.15, 0.2) is 71.6 Å². The molecule has 0 bridgehead atoms. The number of hydrogen-bond acceptors (Lipinski definition) is 8. The molecule has 0 radical (unpaired) electrons. The Balaban J connectivity index is 1.66. The quantitative estimate of drug-likeness (QED) is 0.467. The van der Waals surface area contributed by atoms with Crippen LogP contribution in [0.3, 0.4) is 0 Å². The van der Waals surface area contributed by atoms with Gasteiger partial charge < -0.3 is 19.5 Å². The van der Waals surface area contributed by atoms with Gasteiger partial charge in [-0.3, -0.25) is 9.10 Å². The number of carbonyl (C=O) groups is 3. The van der Waals surface area contributed by atoms with Crippen LogP contribution >= 0.6 is 11.6 Å². The molecule has 1 N–H and O–H groups in total. The predicted octanol–water partition coefficient (Wildman–Crippen LogP) is 3.51. The molecule has 1 aliphatic heterocycles. The fourth-order valence-corrected chi connectivity index (χ4v) is 5.30. The van der Waals surface area contributed by atoms with E-state index in [1.165, 1.54) is 56.7 Å². The summed E-state index contributed by atoms with van der Waals surface area (Å²) in [5.41, 5.74) is 0.357. The molecule has 0 unspecified atom stereocenters. The zero-order valence-electron chi connectivity index (χ0n) is 19.6. The number of ether oxygens (including phenoxy) is 3. The minimum absolute atomic E-state index is 0.00236. The fourth-order valence-electron chi connectivity index (χ4n) is 3.69. The monoisotopic (exact) mass is 544 g/mol. The van der Waals surface area contributed by atoms with Gasteiger partial charge in [0, 0.05) is 10.7 Å². The molecule has 0 fully saturated rings. The van der Waals surface area contributed by atoms with Gasteiger partial charge in [-0.15, -0.1) is 0 Å². The van der Waals surface area contributed by atoms with Crippen LogP contribution in [-0.2, 0) is 24.3 Å². The van der Waals surface area contributed by atoms with Crippen molar-refractivity contribution in [1.82, 2.24) is 0 Å². The third kappa shape index (κ3) is 5.37. The number of fused-ring (bicyclic) bond motifs is 1. The third-order valence-corrected chi connectivity index (χ3v) is 7.52. The molecule has 0 aromatic heterocycles. The van der Waals surface area contributed by atoms with E-state index in [0.717, 1.165) is 4.31 Å². The maximum Gasteiger partial charge on any atom is 0.337 e. The second-order valence-electron chi connectivity index (χ2n) is 7.84. The van der Waals surface area contributed by atoms with Crippen LogP contribution in [0.1, 0.15) is 20.7 Å². The van der Waals surface area contributed by atoms with Crippen molar-refractivity contribution in [3.05, 3.63) is 82.9 Å². The van der Waals surface area contributed by atoms with Gasteiger partial charge in [0.25, 0.3) is 15.9 Å². The second kappa shape index (κ2) is 10.5. The molecular weight excluding hydrogens is 524 g/mol. The van der Waals surface area contributed by atoms with Crippen LogP contribution < -0.4 is 14.4 Å². The van der Waals surface area contributed by atoms with Crippen molar-refractivity contribution >= 4 is 50.8 Å². The highest BCUT2D eigenvalue weighted by atomic mass is 35.5. The summed E-state index contributed by atoms with van der Waals surface area (Å²) in [6, 6.07) is 16.0. The van der Waals surface area contributed by atoms with Gasteiger partial charge in [-0.25, -0.2) is 18.0 Å². The summed E-state index contributed by atoms with van der Waals surface area (Å²) in [5.74, 6) is -1.98. The van der Waals surface area contributed by atoms with Crippen molar-refractivity contribution in [3.63, 3.8) is 0 Å². The Morgan fingerprint density at radius 1 is 0.946 bits per heavy atom. The zero-order valence-corrected chi connectivity index (χ0v) is 21.2. The summed E-state index contributed by atoms with van der Waals surface area (Å²) < 4.78 is 43.3. The molecule has 4 rings (SSSR count). The van der Waals surface area contributed by atoms with E-state index in [-0.39, 0.29) is 39.7 Å². The molecule has 0 aliphatic carbocycles. The summed E-state index contributed by atoms with van der Waals surface area (Å²) in [4.78, 5) is 37.4. The van der Waals surface area contributed by atoms with Crippen molar-refractivity contribution in [2.45, 2.75) is 11.0 Å². The number of esters is 2. The van der Waals surface area contributed by atoms with Crippen molar-refractivity contribution in [3.8, 4) is 5.75 Å². The molecule has 12 heteroatoms. The lowest BCUT2D eigenvalue weighted by molar-refractivity contribution is -0.122. The van der Waals surface area contributed by atoms with Gasteiger partial charge >= 0.3 is 11.9 Å². The lowest BCUT2D eigenvalue weighted by atomic mass is 10.1. The SMILES string of the molecule is COC(=O)c1cc(NC(=O)[C@@H]2CN(S(=O)(=O)c3ccc(Cl)cc3)c3ccccc3O2)cc(C(=O)OC)c1. The number of carbonyl (C=O) groups excluding carboxylic acids is 3. The third-order valence-electron chi connectivity index (χ3n) is 5.47. The maximum atomic E-state index is 13.5. The molecule has 10 nitrogen and oxygen atoms in total. The average Bonchev–Trinajstić information content (AvgIpc) is 2.91. The van der Waals surface area contributed by atoms with Crippen molar-refractivity contribution in [1.29, 1.82) is 0 Å². The Kier molecular flexibility index (Phi) is 7.37. The number of halogens is 1. The number of benzene rings is 3. The van der Waals surface area contributed by atoms with E-state index >= 15 is 0 Å². The molecule has 0 spiro atoms. The molecule has 3 aromatic carbocycles. The summed E-state index contributed by atoms with van der Waals surface area (Å²) in [5, 5.41) is 2.96. The Bertz CT molecular complexity index is 1440. The van der Waals surface area contributed by atoms with E-state index in [9.17, 15) is 22.8 Å². The number of para-hydroxylation sites is 2. The average molecular weight is 545 g/mol. The number of anilines is 2. The van der Waals surface area contributed by atoms with Crippen molar-refractivity contribution in [2.75, 3.05) is 30.4 Å². The number of nitrogens with zero attached hydrogens (tertiary/aromatic N) is 1. The van der Waals surface area contributed by atoms with Crippen LogP contribution in [0.2, 0.25) is 5.02 Å². The van der Waals surface area contributed by atoms with Crippen LogP contribution in [-0.4, -0.2) is 53.1 Å². The van der Waals surface area contributed by atoms with Crippen molar-refractivity contribution < 1.29 is 37.0 Å². The first kappa shape index (κ1) is 26.0. The molecule has 0 saturated heterocycles. The number of nitrogens with one attached hydrogen (secondary N) is 1. The van der Waals surface area contributed by atoms with Gasteiger partial charge in [0.2, 0.25) is 0 Å². The summed E-state index contributed by atoms with van der Waals surface area (Å²) in [6.45, 7) is -0.339. The standard InChI is InChI=1S/C25H21ClN2O8S/c1-34-24(30)15-11-16(25(31)35-2)13-18(12-15)27-23(29)22-14-28(20-5-3-4-6-21(20)36-22)37(32,33)19-9-7-17(26)8-10-19/h3-13,22H,14H2,1-2H3,(H,27,29)/t22-/m0/s1. The maximum absolute atomic E-state index is 13.5. The number of methoxy groups -OCH3 is 2. The summed E-state index contributed by atoms with van der Waals surface area (Å²) in [6.07, 6.45) is -1.26. The molecule has 1 aliphatic rings. The largest absolute Gasteiger partial charge is 0.476 e.